The number of aromatic nitrogens is 2. The molecule has 0 aliphatic carbocycles. The van der Waals surface area contributed by atoms with Crippen molar-refractivity contribution in [3.05, 3.63) is 53.9 Å². The van der Waals surface area contributed by atoms with Crippen LogP contribution in [0.1, 0.15) is 24.1 Å². The van der Waals surface area contributed by atoms with Crippen molar-refractivity contribution in [1.82, 2.24) is 15.1 Å². The number of nitrogens with zero attached hydrogens (tertiary/aromatic N) is 2. The van der Waals surface area contributed by atoms with Crippen LogP contribution in [0.3, 0.4) is 0 Å². The summed E-state index contributed by atoms with van der Waals surface area (Å²) in [6.45, 7) is 3.70. The Morgan fingerprint density at radius 3 is 2.72 bits per heavy atom. The highest BCUT2D eigenvalue weighted by Crippen LogP contribution is 2.12. The highest BCUT2D eigenvalue weighted by molar-refractivity contribution is 5.16. The molecule has 1 atom stereocenters. The first-order chi connectivity index (χ1) is 8.83. The van der Waals surface area contributed by atoms with Crippen LogP contribution in [0.25, 0.3) is 0 Å². The lowest BCUT2D eigenvalue weighted by Crippen LogP contribution is -2.23. The molecule has 2 aromatic rings. The number of hydrogen-bond acceptors (Lipinski definition) is 3. The molecule has 0 bridgehead atoms. The summed E-state index contributed by atoms with van der Waals surface area (Å²) in [5.74, 6) is 0. The third-order valence-corrected chi connectivity index (χ3v) is 2.96. The smallest absolute Gasteiger partial charge is 0.0627 e. The molecule has 0 aliphatic rings. The monoisotopic (exact) mass is 245 g/mol. The predicted octanol–water partition coefficient (Wildman–Crippen LogP) is 1.73. The Labute approximate surface area is 107 Å². The fourth-order valence-electron chi connectivity index (χ4n) is 1.86. The summed E-state index contributed by atoms with van der Waals surface area (Å²) < 4.78 is 1.86. The van der Waals surface area contributed by atoms with E-state index in [-0.39, 0.29) is 12.6 Å². The van der Waals surface area contributed by atoms with Crippen molar-refractivity contribution < 1.29 is 5.11 Å². The van der Waals surface area contributed by atoms with E-state index in [9.17, 15) is 5.11 Å². The van der Waals surface area contributed by atoms with Crippen molar-refractivity contribution in [2.45, 2.75) is 26.1 Å². The first-order valence-corrected chi connectivity index (χ1v) is 6.24. The minimum absolute atomic E-state index is 0.0643. The maximum Gasteiger partial charge on any atom is 0.0627 e. The van der Waals surface area contributed by atoms with E-state index in [0.717, 1.165) is 18.7 Å². The van der Waals surface area contributed by atoms with Crippen LogP contribution >= 0.6 is 0 Å². The Bertz CT molecular complexity index is 467. The SMILES string of the molecule is CCn1cc(C(CO)NCc2ccccc2)cn1. The molecule has 0 spiro atoms. The number of aryl methyl sites for hydroxylation is 1. The molecule has 0 saturated carbocycles. The topological polar surface area (TPSA) is 50.1 Å². The fraction of sp³-hybridized carbons (Fsp3) is 0.357. The molecule has 2 rings (SSSR count). The molecule has 4 heteroatoms. The molecule has 1 aromatic carbocycles. The van der Waals surface area contributed by atoms with E-state index in [4.69, 9.17) is 0 Å². The van der Waals surface area contributed by atoms with Crippen LogP contribution in [-0.4, -0.2) is 21.5 Å². The zero-order valence-electron chi connectivity index (χ0n) is 10.6. The first-order valence-electron chi connectivity index (χ1n) is 6.24. The van der Waals surface area contributed by atoms with Crippen molar-refractivity contribution in [3.8, 4) is 0 Å². The van der Waals surface area contributed by atoms with Gasteiger partial charge in [0.05, 0.1) is 18.8 Å². The van der Waals surface area contributed by atoms with Crippen LogP contribution in [0.15, 0.2) is 42.7 Å². The molecular weight excluding hydrogens is 226 g/mol. The minimum Gasteiger partial charge on any atom is -0.394 e. The normalized spacial score (nSPS) is 12.6. The number of aliphatic hydroxyl groups is 1. The largest absolute Gasteiger partial charge is 0.394 e. The van der Waals surface area contributed by atoms with Gasteiger partial charge in [-0.15, -0.1) is 0 Å². The highest BCUT2D eigenvalue weighted by Gasteiger charge is 2.11. The summed E-state index contributed by atoms with van der Waals surface area (Å²) in [6.07, 6.45) is 3.78. The molecular formula is C14H19N3O. The lowest BCUT2D eigenvalue weighted by Gasteiger charge is -2.14. The molecule has 1 heterocycles. The third kappa shape index (κ3) is 3.18. The van der Waals surface area contributed by atoms with E-state index < -0.39 is 0 Å². The molecule has 1 aromatic heterocycles. The second-order valence-corrected chi connectivity index (χ2v) is 4.23. The highest BCUT2D eigenvalue weighted by atomic mass is 16.3. The van der Waals surface area contributed by atoms with Crippen LogP contribution in [-0.2, 0) is 13.1 Å². The zero-order chi connectivity index (χ0) is 12.8. The second kappa shape index (κ2) is 6.33. The lowest BCUT2D eigenvalue weighted by molar-refractivity contribution is 0.243. The van der Waals surface area contributed by atoms with Gasteiger partial charge in [0.15, 0.2) is 0 Å². The third-order valence-electron chi connectivity index (χ3n) is 2.96. The van der Waals surface area contributed by atoms with Gasteiger partial charge in [-0.05, 0) is 12.5 Å². The van der Waals surface area contributed by atoms with Crippen LogP contribution in [0, 0.1) is 0 Å². The summed E-state index contributed by atoms with van der Waals surface area (Å²) in [7, 11) is 0. The van der Waals surface area contributed by atoms with Gasteiger partial charge in [-0.3, -0.25) is 4.68 Å². The quantitative estimate of drug-likeness (QED) is 0.815. The molecule has 0 aliphatic heterocycles. The van der Waals surface area contributed by atoms with Crippen molar-refractivity contribution in [2.75, 3.05) is 6.61 Å². The Hall–Kier alpha value is -1.65. The maximum absolute atomic E-state index is 9.44. The van der Waals surface area contributed by atoms with Crippen molar-refractivity contribution >= 4 is 0 Å². The van der Waals surface area contributed by atoms with Crippen LogP contribution in [0.5, 0.6) is 0 Å². The van der Waals surface area contributed by atoms with Crippen LogP contribution in [0.4, 0.5) is 0 Å². The Balaban J connectivity index is 1.97. The summed E-state index contributed by atoms with van der Waals surface area (Å²) >= 11 is 0. The van der Waals surface area contributed by atoms with E-state index >= 15 is 0 Å². The predicted molar refractivity (Wildman–Crippen MR) is 71.0 cm³/mol. The fourth-order valence-corrected chi connectivity index (χ4v) is 1.86. The number of benzene rings is 1. The number of rotatable bonds is 6. The molecule has 0 radical (unpaired) electrons. The molecule has 4 nitrogen and oxygen atoms in total. The van der Waals surface area contributed by atoms with Crippen LogP contribution in [0.2, 0.25) is 0 Å². The van der Waals surface area contributed by atoms with E-state index in [0.29, 0.717) is 0 Å². The van der Waals surface area contributed by atoms with Gasteiger partial charge in [-0.25, -0.2) is 0 Å². The first kappa shape index (κ1) is 12.8. The summed E-state index contributed by atoms with van der Waals surface area (Å²) in [5, 5.41) is 17.0. The van der Waals surface area contributed by atoms with E-state index in [1.165, 1.54) is 5.56 Å². The van der Waals surface area contributed by atoms with Crippen LogP contribution < -0.4 is 5.32 Å². The van der Waals surface area contributed by atoms with Crippen molar-refractivity contribution in [3.63, 3.8) is 0 Å². The number of hydrogen-bond donors (Lipinski definition) is 2. The van der Waals surface area contributed by atoms with E-state index in [1.54, 1.807) is 0 Å². The summed E-state index contributed by atoms with van der Waals surface area (Å²) in [4.78, 5) is 0. The summed E-state index contributed by atoms with van der Waals surface area (Å²) in [5.41, 5.74) is 2.23. The molecule has 96 valence electrons. The average Bonchev–Trinajstić information content (AvgIpc) is 2.89. The average molecular weight is 245 g/mol. The maximum atomic E-state index is 9.44. The summed E-state index contributed by atoms with van der Waals surface area (Å²) in [6, 6.07) is 10.1. The van der Waals surface area contributed by atoms with Gasteiger partial charge in [0.25, 0.3) is 0 Å². The molecule has 0 fully saturated rings. The standard InChI is InChI=1S/C14H19N3O/c1-2-17-10-13(9-16-17)14(11-18)15-8-12-6-4-3-5-7-12/h3-7,9-10,14-15,18H,2,8,11H2,1H3. The van der Waals surface area contributed by atoms with Gasteiger partial charge in [-0.1, -0.05) is 30.3 Å². The lowest BCUT2D eigenvalue weighted by atomic mass is 10.1. The number of aliphatic hydroxyl groups excluding tert-OH is 1. The molecule has 0 amide bonds. The molecule has 18 heavy (non-hydrogen) atoms. The van der Waals surface area contributed by atoms with Gasteiger partial charge in [0.1, 0.15) is 0 Å². The Kier molecular flexibility index (Phi) is 4.50. The van der Waals surface area contributed by atoms with Crippen molar-refractivity contribution in [2.24, 2.45) is 0 Å². The second-order valence-electron chi connectivity index (χ2n) is 4.23. The molecule has 2 N–H and O–H groups in total. The molecule has 0 saturated heterocycles. The van der Waals surface area contributed by atoms with Gasteiger partial charge < -0.3 is 10.4 Å². The van der Waals surface area contributed by atoms with Crippen molar-refractivity contribution in [1.29, 1.82) is 0 Å². The van der Waals surface area contributed by atoms with E-state index in [1.807, 2.05) is 42.2 Å². The van der Waals surface area contributed by atoms with Gasteiger partial charge in [-0.2, -0.15) is 5.10 Å². The molecule has 1 unspecified atom stereocenters. The van der Waals surface area contributed by atoms with E-state index in [2.05, 4.69) is 22.5 Å². The minimum atomic E-state index is -0.0643. The Morgan fingerprint density at radius 2 is 2.11 bits per heavy atom. The van der Waals surface area contributed by atoms with Gasteiger partial charge in [0, 0.05) is 24.8 Å². The number of nitrogens with one attached hydrogen (secondary N) is 1. The van der Waals surface area contributed by atoms with Gasteiger partial charge >= 0.3 is 0 Å². The zero-order valence-corrected chi connectivity index (χ0v) is 10.6. The van der Waals surface area contributed by atoms with Gasteiger partial charge in [0.2, 0.25) is 0 Å². The Morgan fingerprint density at radius 1 is 1.33 bits per heavy atom.